The molecule has 0 bridgehead atoms. The summed E-state index contributed by atoms with van der Waals surface area (Å²) in [6.45, 7) is 4.59. The van der Waals surface area contributed by atoms with Gasteiger partial charge in [0.2, 0.25) is 0 Å². The van der Waals surface area contributed by atoms with Crippen LogP contribution in [0.3, 0.4) is 0 Å². The SMILES string of the molecule is CCCCCCCCCCCCC(CCO)N(C(CCO)CCCCCCCCCCCC)C(C(=O)[O-])[N+](C)(C)C. The second kappa shape index (κ2) is 26.9. The highest BCUT2D eigenvalue weighted by atomic mass is 16.4. The average molecular weight is 585 g/mol. The summed E-state index contributed by atoms with van der Waals surface area (Å²) in [4.78, 5) is 14.7. The molecule has 0 aromatic heterocycles. The molecule has 0 radical (unpaired) electrons. The molecule has 0 aromatic carbocycles. The maximum Gasteiger partial charge on any atom is 0.186 e. The molecule has 2 N–H and O–H groups in total. The second-order valence-corrected chi connectivity index (χ2v) is 13.5. The predicted molar refractivity (Wildman–Crippen MR) is 173 cm³/mol. The second-order valence-electron chi connectivity index (χ2n) is 13.5. The fourth-order valence-corrected chi connectivity index (χ4v) is 6.45. The molecule has 0 aliphatic heterocycles. The molecular weight excluding hydrogens is 512 g/mol. The Bertz CT molecular complexity index is 547. The van der Waals surface area contributed by atoms with Crippen LogP contribution in [0.25, 0.3) is 0 Å². The van der Waals surface area contributed by atoms with E-state index in [4.69, 9.17) is 0 Å². The van der Waals surface area contributed by atoms with E-state index in [1.165, 1.54) is 103 Å². The standard InChI is InChI=1S/C35H72N2O4/c1-6-8-10-12-14-16-18-20-22-24-26-32(28-30-38)36(34(35(40)41)37(3,4)5)33(29-31-39)27-25-23-21-19-17-15-13-11-9-7-2/h32-34,38-39H,6-31H2,1-5H3. The van der Waals surface area contributed by atoms with Gasteiger partial charge in [0.1, 0.15) is 5.97 Å². The molecule has 0 spiro atoms. The van der Waals surface area contributed by atoms with Gasteiger partial charge < -0.3 is 24.6 Å². The number of hydrogen-bond donors (Lipinski definition) is 2. The number of carbonyl (C=O) groups is 1. The number of carbonyl (C=O) groups excluding carboxylic acids is 1. The topological polar surface area (TPSA) is 83.8 Å². The number of quaternary nitrogens is 1. The van der Waals surface area contributed by atoms with Crippen molar-refractivity contribution in [1.29, 1.82) is 0 Å². The number of nitrogens with zero attached hydrogens (tertiary/aromatic N) is 2. The van der Waals surface area contributed by atoms with Crippen molar-refractivity contribution in [2.75, 3.05) is 34.4 Å². The lowest BCUT2D eigenvalue weighted by Crippen LogP contribution is -2.67. The zero-order chi connectivity index (χ0) is 30.8. The summed E-state index contributed by atoms with van der Waals surface area (Å²) in [5.74, 6) is -1.06. The van der Waals surface area contributed by atoms with Crippen molar-refractivity contribution in [1.82, 2.24) is 4.90 Å². The Morgan fingerprint density at radius 2 is 0.854 bits per heavy atom. The van der Waals surface area contributed by atoms with Crippen molar-refractivity contribution in [2.24, 2.45) is 0 Å². The molecule has 3 atom stereocenters. The van der Waals surface area contributed by atoms with Gasteiger partial charge in [-0.05, 0) is 25.7 Å². The van der Waals surface area contributed by atoms with Gasteiger partial charge in [-0.1, -0.05) is 142 Å². The first kappa shape index (κ1) is 40.3. The van der Waals surface area contributed by atoms with E-state index in [1.807, 2.05) is 21.1 Å². The maximum absolute atomic E-state index is 12.6. The highest BCUT2D eigenvalue weighted by Crippen LogP contribution is 2.28. The van der Waals surface area contributed by atoms with E-state index in [-0.39, 0.29) is 29.8 Å². The van der Waals surface area contributed by atoms with Gasteiger partial charge in [0, 0.05) is 25.3 Å². The van der Waals surface area contributed by atoms with Crippen LogP contribution < -0.4 is 5.11 Å². The van der Waals surface area contributed by atoms with Crippen molar-refractivity contribution in [3.05, 3.63) is 0 Å². The summed E-state index contributed by atoms with van der Waals surface area (Å²) < 4.78 is 0.238. The molecule has 6 heteroatoms. The number of rotatable bonds is 31. The summed E-state index contributed by atoms with van der Waals surface area (Å²) in [6.07, 6.45) is 27.4. The molecular formula is C35H72N2O4. The van der Waals surface area contributed by atoms with Crippen LogP contribution in [0, 0.1) is 0 Å². The molecule has 0 aliphatic rings. The average Bonchev–Trinajstić information content (AvgIpc) is 2.91. The Kier molecular flexibility index (Phi) is 26.4. The Morgan fingerprint density at radius 1 is 0.561 bits per heavy atom. The molecule has 6 nitrogen and oxygen atoms in total. The van der Waals surface area contributed by atoms with Crippen molar-refractivity contribution in [3.63, 3.8) is 0 Å². The molecule has 0 heterocycles. The smallest absolute Gasteiger partial charge is 0.186 e. The van der Waals surface area contributed by atoms with Crippen LogP contribution in [0.2, 0.25) is 0 Å². The van der Waals surface area contributed by atoms with E-state index in [0.717, 1.165) is 38.5 Å². The van der Waals surface area contributed by atoms with Gasteiger partial charge in [0.05, 0.1) is 21.1 Å². The van der Waals surface area contributed by atoms with Crippen molar-refractivity contribution in [3.8, 4) is 0 Å². The van der Waals surface area contributed by atoms with E-state index in [9.17, 15) is 20.1 Å². The quantitative estimate of drug-likeness (QED) is 0.0512. The van der Waals surface area contributed by atoms with Gasteiger partial charge in [-0.3, -0.25) is 0 Å². The normalized spacial score (nSPS) is 14.4. The molecule has 0 rings (SSSR count). The maximum atomic E-state index is 12.6. The van der Waals surface area contributed by atoms with E-state index in [0.29, 0.717) is 12.8 Å². The van der Waals surface area contributed by atoms with Gasteiger partial charge >= 0.3 is 0 Å². The van der Waals surface area contributed by atoms with E-state index >= 15 is 0 Å². The van der Waals surface area contributed by atoms with Gasteiger partial charge in [-0.15, -0.1) is 0 Å². The number of carboxylic acid groups (broad SMARTS) is 1. The summed E-state index contributed by atoms with van der Waals surface area (Å²) in [5, 5.41) is 32.6. The molecule has 0 amide bonds. The third-order valence-electron chi connectivity index (χ3n) is 8.78. The number of unbranched alkanes of at least 4 members (excludes halogenated alkanes) is 18. The van der Waals surface area contributed by atoms with E-state index < -0.39 is 12.1 Å². The third-order valence-corrected chi connectivity index (χ3v) is 8.78. The fraction of sp³-hybridized carbons (Fsp3) is 0.971. The first-order valence-corrected chi connectivity index (χ1v) is 17.8. The molecule has 0 fully saturated rings. The fourth-order valence-electron chi connectivity index (χ4n) is 6.45. The summed E-state index contributed by atoms with van der Waals surface area (Å²) in [7, 11) is 5.75. The lowest BCUT2D eigenvalue weighted by molar-refractivity contribution is -0.902. The van der Waals surface area contributed by atoms with Crippen LogP contribution in [0.5, 0.6) is 0 Å². The number of hydrogen-bond acceptors (Lipinski definition) is 5. The van der Waals surface area contributed by atoms with Crippen molar-refractivity contribution < 1.29 is 24.6 Å². The Hall–Kier alpha value is -0.690. The van der Waals surface area contributed by atoms with Crippen LogP contribution in [-0.2, 0) is 4.79 Å². The number of aliphatic carboxylic acids is 1. The van der Waals surface area contributed by atoms with Crippen LogP contribution in [0.15, 0.2) is 0 Å². The third kappa shape index (κ3) is 20.8. The molecule has 0 saturated heterocycles. The minimum atomic E-state index is -1.06. The molecule has 3 unspecified atom stereocenters. The molecule has 0 aliphatic carbocycles. The highest BCUT2D eigenvalue weighted by molar-refractivity contribution is 5.69. The van der Waals surface area contributed by atoms with Gasteiger partial charge in [-0.25, -0.2) is 4.90 Å². The lowest BCUT2D eigenvalue weighted by Gasteiger charge is -2.48. The Balaban J connectivity index is 5.14. The minimum Gasteiger partial charge on any atom is -0.543 e. The summed E-state index contributed by atoms with van der Waals surface area (Å²) in [5.41, 5.74) is 0. The highest BCUT2D eigenvalue weighted by Gasteiger charge is 2.40. The summed E-state index contributed by atoms with van der Waals surface area (Å²) in [6, 6.07) is -0.0667. The number of likely N-dealkylation sites (N-methyl/N-ethyl adjacent to an activating group) is 1. The van der Waals surface area contributed by atoms with Crippen molar-refractivity contribution in [2.45, 2.75) is 186 Å². The van der Waals surface area contributed by atoms with Crippen molar-refractivity contribution >= 4 is 5.97 Å². The van der Waals surface area contributed by atoms with Crippen LogP contribution in [-0.4, -0.2) is 78.2 Å². The zero-order valence-corrected chi connectivity index (χ0v) is 28.2. The zero-order valence-electron chi connectivity index (χ0n) is 28.2. The lowest BCUT2D eigenvalue weighted by atomic mass is 9.95. The number of aliphatic hydroxyl groups is 2. The van der Waals surface area contributed by atoms with Crippen LogP contribution in [0.4, 0.5) is 0 Å². The molecule has 0 aromatic rings. The predicted octanol–water partition coefficient (Wildman–Crippen LogP) is 7.19. The van der Waals surface area contributed by atoms with Gasteiger partial charge in [0.25, 0.3) is 0 Å². The minimum absolute atomic E-state index is 0.0334. The first-order chi connectivity index (χ1) is 19.7. The van der Waals surface area contributed by atoms with Crippen LogP contribution >= 0.6 is 0 Å². The van der Waals surface area contributed by atoms with Crippen LogP contribution in [0.1, 0.15) is 168 Å². The molecule has 41 heavy (non-hydrogen) atoms. The molecule has 246 valence electrons. The Labute approximate surface area is 255 Å². The first-order valence-electron chi connectivity index (χ1n) is 17.8. The molecule has 0 saturated carbocycles. The largest absolute Gasteiger partial charge is 0.543 e. The summed E-state index contributed by atoms with van der Waals surface area (Å²) >= 11 is 0. The van der Waals surface area contributed by atoms with E-state index in [1.54, 1.807) is 0 Å². The van der Waals surface area contributed by atoms with E-state index in [2.05, 4.69) is 18.7 Å². The number of carboxylic acids is 1. The monoisotopic (exact) mass is 585 g/mol. The van der Waals surface area contributed by atoms with Gasteiger partial charge in [-0.2, -0.15) is 0 Å². The Morgan fingerprint density at radius 3 is 1.10 bits per heavy atom. The van der Waals surface area contributed by atoms with Gasteiger partial charge in [0.15, 0.2) is 6.17 Å². The number of aliphatic hydroxyl groups excluding tert-OH is 2.